The molecule has 0 fully saturated rings. The van der Waals surface area contributed by atoms with E-state index in [0.717, 1.165) is 33.4 Å². The zero-order chi connectivity index (χ0) is 19.6. The maximum Gasteiger partial charge on any atom is 0.342 e. The molecule has 0 saturated carbocycles. The molecule has 2 amide bonds. The number of halogens is 2. The first-order valence-electron chi connectivity index (χ1n) is 8.60. The van der Waals surface area contributed by atoms with Crippen LogP contribution in [-0.2, 0) is 0 Å². The van der Waals surface area contributed by atoms with E-state index in [9.17, 15) is 4.79 Å². The van der Waals surface area contributed by atoms with Gasteiger partial charge in [0.1, 0.15) is 0 Å². The van der Waals surface area contributed by atoms with Gasteiger partial charge in [-0.3, -0.25) is 0 Å². The van der Waals surface area contributed by atoms with Crippen LogP contribution in [0.3, 0.4) is 0 Å². The summed E-state index contributed by atoms with van der Waals surface area (Å²) < 4.78 is 0.957. The van der Waals surface area contributed by atoms with Gasteiger partial charge in [-0.15, -0.1) is 6.58 Å². The fourth-order valence-corrected chi connectivity index (χ4v) is 3.73. The number of anilines is 1. The lowest BCUT2D eigenvalue weighted by Gasteiger charge is -2.26. The molecule has 1 aliphatic heterocycles. The minimum absolute atomic E-state index is 0.255. The molecule has 1 aliphatic rings. The van der Waals surface area contributed by atoms with Crippen molar-refractivity contribution >= 4 is 45.0 Å². The van der Waals surface area contributed by atoms with Gasteiger partial charge < -0.3 is 5.32 Å². The topological polar surface area (TPSA) is 44.7 Å². The summed E-state index contributed by atoms with van der Waals surface area (Å²) >= 11 is 9.41. The van der Waals surface area contributed by atoms with E-state index >= 15 is 0 Å². The quantitative estimate of drug-likeness (QED) is 0.548. The number of hydrogen-bond acceptors (Lipinski definition) is 2. The van der Waals surface area contributed by atoms with Crippen LogP contribution in [0, 0.1) is 5.41 Å². The summed E-state index contributed by atoms with van der Waals surface area (Å²) in [4.78, 5) is 12.8. The van der Waals surface area contributed by atoms with Crippen molar-refractivity contribution in [3.8, 4) is 0 Å². The minimum Gasteiger partial charge on any atom is -0.306 e. The van der Waals surface area contributed by atoms with E-state index in [1.807, 2.05) is 55.5 Å². The molecule has 6 heteroatoms. The molecule has 0 aliphatic carbocycles. The van der Waals surface area contributed by atoms with Crippen molar-refractivity contribution in [3.63, 3.8) is 0 Å². The van der Waals surface area contributed by atoms with Crippen molar-refractivity contribution in [2.45, 2.75) is 20.3 Å². The van der Waals surface area contributed by atoms with Crippen LogP contribution >= 0.6 is 27.5 Å². The maximum atomic E-state index is 12.8. The number of hydrazone groups is 1. The molecule has 0 saturated heterocycles. The summed E-state index contributed by atoms with van der Waals surface area (Å²) in [6.07, 6.45) is 0.747. The molecule has 0 radical (unpaired) electrons. The Morgan fingerprint density at radius 1 is 1.26 bits per heavy atom. The van der Waals surface area contributed by atoms with Gasteiger partial charge in [-0.25, -0.2) is 9.80 Å². The standard InChI is InChI=1S/C21H21BrClN3O/c1-14(2)12-21(3)13-26(20(27)24-18-10-6-16(22)7-11-18)25-19(21)15-4-8-17(23)9-5-15/h4-11H,1,12-13H2,2-3H3,(H,24,27). The van der Waals surface area contributed by atoms with E-state index in [0.29, 0.717) is 11.6 Å². The van der Waals surface area contributed by atoms with Crippen LogP contribution in [-0.4, -0.2) is 23.3 Å². The molecule has 2 aromatic rings. The number of amides is 2. The second kappa shape index (κ2) is 7.87. The molecule has 0 spiro atoms. The third-order valence-corrected chi connectivity index (χ3v) is 5.21. The highest BCUT2D eigenvalue weighted by Crippen LogP contribution is 2.37. The van der Waals surface area contributed by atoms with Gasteiger partial charge in [0.25, 0.3) is 0 Å². The van der Waals surface area contributed by atoms with E-state index in [1.54, 1.807) is 0 Å². The van der Waals surface area contributed by atoms with Crippen molar-refractivity contribution < 1.29 is 4.79 Å². The molecule has 0 bridgehead atoms. The van der Waals surface area contributed by atoms with Gasteiger partial charge in [0.2, 0.25) is 0 Å². The van der Waals surface area contributed by atoms with E-state index in [2.05, 4.69) is 39.9 Å². The highest BCUT2D eigenvalue weighted by Gasteiger charge is 2.41. The Kier molecular flexibility index (Phi) is 5.72. The summed E-state index contributed by atoms with van der Waals surface area (Å²) in [5, 5.41) is 9.72. The molecule has 3 rings (SSSR count). The van der Waals surface area contributed by atoms with Crippen LogP contribution in [0.2, 0.25) is 5.02 Å². The largest absolute Gasteiger partial charge is 0.342 e. The van der Waals surface area contributed by atoms with Gasteiger partial charge in [0.15, 0.2) is 0 Å². The Morgan fingerprint density at radius 3 is 2.48 bits per heavy atom. The Labute approximate surface area is 173 Å². The molecule has 2 aromatic carbocycles. The molecule has 1 atom stereocenters. The zero-order valence-corrected chi connectivity index (χ0v) is 17.6. The van der Waals surface area contributed by atoms with Gasteiger partial charge in [0.05, 0.1) is 12.3 Å². The van der Waals surface area contributed by atoms with Crippen LogP contribution in [0.5, 0.6) is 0 Å². The van der Waals surface area contributed by atoms with Gasteiger partial charge in [-0.05, 0) is 55.3 Å². The Hall–Kier alpha value is -2.11. The number of nitrogens with one attached hydrogen (secondary N) is 1. The third-order valence-electron chi connectivity index (χ3n) is 4.43. The normalized spacial score (nSPS) is 19.0. The number of hydrogen-bond donors (Lipinski definition) is 1. The number of allylic oxidation sites excluding steroid dienone is 1. The van der Waals surface area contributed by atoms with Crippen molar-refractivity contribution in [2.24, 2.45) is 10.5 Å². The van der Waals surface area contributed by atoms with Crippen molar-refractivity contribution in [1.82, 2.24) is 5.01 Å². The lowest BCUT2D eigenvalue weighted by atomic mass is 9.77. The predicted molar refractivity (Wildman–Crippen MR) is 115 cm³/mol. The van der Waals surface area contributed by atoms with E-state index in [-0.39, 0.29) is 11.4 Å². The lowest BCUT2D eigenvalue weighted by Crippen LogP contribution is -2.35. The number of urea groups is 1. The molecule has 4 nitrogen and oxygen atoms in total. The SMILES string of the molecule is C=C(C)CC1(C)CN(C(=O)Nc2ccc(Br)cc2)N=C1c1ccc(Cl)cc1. The van der Waals surface area contributed by atoms with Crippen LogP contribution in [0.4, 0.5) is 10.5 Å². The Bertz CT molecular complexity index is 893. The molecular formula is C21H21BrClN3O. The monoisotopic (exact) mass is 445 g/mol. The number of carbonyl (C=O) groups excluding carboxylic acids is 1. The van der Waals surface area contributed by atoms with Crippen LogP contribution < -0.4 is 5.32 Å². The van der Waals surface area contributed by atoms with Crippen molar-refractivity contribution in [1.29, 1.82) is 0 Å². The first kappa shape index (κ1) is 19.6. The summed E-state index contributed by atoms with van der Waals surface area (Å²) in [5.41, 5.74) is 3.29. The second-order valence-electron chi connectivity index (χ2n) is 7.14. The molecule has 140 valence electrons. The Balaban J connectivity index is 1.87. The fourth-order valence-electron chi connectivity index (χ4n) is 3.34. The highest BCUT2D eigenvalue weighted by molar-refractivity contribution is 9.10. The summed E-state index contributed by atoms with van der Waals surface area (Å²) in [7, 11) is 0. The molecule has 1 unspecified atom stereocenters. The number of nitrogens with zero attached hydrogens (tertiary/aromatic N) is 2. The molecule has 1 N–H and O–H groups in total. The highest BCUT2D eigenvalue weighted by atomic mass is 79.9. The van der Waals surface area contributed by atoms with Gasteiger partial charge >= 0.3 is 6.03 Å². The van der Waals surface area contributed by atoms with Crippen molar-refractivity contribution in [3.05, 3.63) is 75.7 Å². The van der Waals surface area contributed by atoms with Gasteiger partial charge in [0, 0.05) is 20.6 Å². The van der Waals surface area contributed by atoms with Gasteiger partial charge in [-0.1, -0.05) is 52.2 Å². The first-order chi connectivity index (χ1) is 12.8. The first-order valence-corrected chi connectivity index (χ1v) is 9.77. The summed E-state index contributed by atoms with van der Waals surface area (Å²) in [5.74, 6) is 0. The maximum absolute atomic E-state index is 12.8. The third kappa shape index (κ3) is 4.60. The van der Waals surface area contributed by atoms with E-state index in [1.165, 1.54) is 5.01 Å². The number of carbonyl (C=O) groups is 1. The average molecular weight is 447 g/mol. The summed E-state index contributed by atoms with van der Waals surface area (Å²) in [6, 6.07) is 14.7. The molecule has 27 heavy (non-hydrogen) atoms. The van der Waals surface area contributed by atoms with Gasteiger partial charge in [-0.2, -0.15) is 5.10 Å². The molecular weight excluding hydrogens is 426 g/mol. The number of benzene rings is 2. The smallest absolute Gasteiger partial charge is 0.306 e. The van der Waals surface area contributed by atoms with Crippen LogP contribution in [0.15, 0.2) is 70.3 Å². The van der Waals surface area contributed by atoms with Crippen LogP contribution in [0.25, 0.3) is 0 Å². The minimum atomic E-state index is -0.309. The predicted octanol–water partition coefficient (Wildman–Crippen LogP) is 6.33. The Morgan fingerprint density at radius 2 is 1.89 bits per heavy atom. The molecule has 0 aromatic heterocycles. The fraction of sp³-hybridized carbons (Fsp3) is 0.238. The zero-order valence-electron chi connectivity index (χ0n) is 15.3. The lowest BCUT2D eigenvalue weighted by molar-refractivity contribution is 0.208. The average Bonchev–Trinajstić information content (AvgIpc) is 2.94. The van der Waals surface area contributed by atoms with E-state index in [4.69, 9.17) is 11.6 Å². The van der Waals surface area contributed by atoms with E-state index < -0.39 is 0 Å². The van der Waals surface area contributed by atoms with Crippen LogP contribution in [0.1, 0.15) is 25.8 Å². The van der Waals surface area contributed by atoms with Crippen molar-refractivity contribution in [2.75, 3.05) is 11.9 Å². The summed E-state index contributed by atoms with van der Waals surface area (Å²) in [6.45, 7) is 8.65. The number of rotatable bonds is 4. The molecule has 1 heterocycles. The second-order valence-corrected chi connectivity index (χ2v) is 8.50.